The lowest BCUT2D eigenvalue weighted by atomic mass is 10.00. The summed E-state index contributed by atoms with van der Waals surface area (Å²) in [6, 6.07) is 12.7. The number of benzene rings is 2. The van der Waals surface area contributed by atoms with Gasteiger partial charge in [-0.1, -0.05) is 30.3 Å². The van der Waals surface area contributed by atoms with Crippen molar-refractivity contribution in [1.29, 1.82) is 0 Å². The van der Waals surface area contributed by atoms with E-state index in [4.69, 9.17) is 0 Å². The molecule has 0 bridgehead atoms. The lowest BCUT2D eigenvalue weighted by Gasteiger charge is -2.21. The van der Waals surface area contributed by atoms with Gasteiger partial charge >= 0.3 is 6.03 Å². The molecule has 5 amide bonds. The molecule has 8 nitrogen and oxygen atoms in total. The summed E-state index contributed by atoms with van der Waals surface area (Å²) < 4.78 is 0. The van der Waals surface area contributed by atoms with Crippen molar-refractivity contribution in [2.45, 2.75) is 18.4 Å². The van der Waals surface area contributed by atoms with Crippen molar-refractivity contribution in [2.75, 3.05) is 19.6 Å². The molecule has 2 aromatic rings. The Morgan fingerprint density at radius 3 is 2.64 bits per heavy atom. The Kier molecular flexibility index (Phi) is 4.46. The first-order chi connectivity index (χ1) is 13.5. The van der Waals surface area contributed by atoms with Crippen LogP contribution < -0.4 is 16.0 Å². The van der Waals surface area contributed by atoms with Crippen molar-refractivity contribution < 1.29 is 19.2 Å². The summed E-state index contributed by atoms with van der Waals surface area (Å²) in [5.74, 6) is -0.791. The first kappa shape index (κ1) is 18.0. The van der Waals surface area contributed by atoms with Gasteiger partial charge in [0.15, 0.2) is 0 Å². The highest BCUT2D eigenvalue weighted by Gasteiger charge is 2.51. The van der Waals surface area contributed by atoms with Crippen molar-refractivity contribution in [3.8, 4) is 0 Å². The van der Waals surface area contributed by atoms with Gasteiger partial charge in [-0.25, -0.2) is 4.79 Å². The van der Waals surface area contributed by atoms with Gasteiger partial charge in [0.25, 0.3) is 11.8 Å². The zero-order chi connectivity index (χ0) is 19.7. The highest BCUT2D eigenvalue weighted by molar-refractivity contribution is 6.07. The Morgan fingerprint density at radius 2 is 1.89 bits per heavy atom. The van der Waals surface area contributed by atoms with E-state index < -0.39 is 17.5 Å². The highest BCUT2D eigenvalue weighted by Crippen LogP contribution is 2.25. The Labute approximate surface area is 161 Å². The largest absolute Gasteiger partial charge is 0.352 e. The number of imide groups is 1. The second-order valence-electron chi connectivity index (χ2n) is 7.12. The molecule has 2 aliphatic heterocycles. The Hall–Kier alpha value is -3.42. The Bertz CT molecular complexity index is 989. The molecule has 2 heterocycles. The van der Waals surface area contributed by atoms with Crippen molar-refractivity contribution in [3.63, 3.8) is 0 Å². The van der Waals surface area contributed by atoms with Crippen molar-refractivity contribution in [2.24, 2.45) is 0 Å². The molecule has 2 saturated heterocycles. The number of fused-ring (bicyclic) bond motifs is 1. The zero-order valence-corrected chi connectivity index (χ0v) is 15.2. The van der Waals surface area contributed by atoms with E-state index in [-0.39, 0.29) is 31.3 Å². The standard InChI is InChI=1S/C20H20N4O4/c25-16(24-10-8-20(12-24)18(27)22-19(28)23-20)7-9-21-17(26)15-6-5-13-3-1-2-4-14(13)11-15/h1-6,11H,7-10,12H2,(H,21,26)(H2,22,23,27,28). The zero-order valence-electron chi connectivity index (χ0n) is 15.2. The molecule has 0 aromatic heterocycles. The van der Waals surface area contributed by atoms with Crippen LogP contribution in [0.2, 0.25) is 0 Å². The maximum Gasteiger partial charge on any atom is 0.322 e. The monoisotopic (exact) mass is 380 g/mol. The number of hydrogen-bond acceptors (Lipinski definition) is 4. The molecule has 2 aromatic carbocycles. The lowest BCUT2D eigenvalue weighted by Crippen LogP contribution is -2.49. The fraction of sp³-hybridized carbons (Fsp3) is 0.300. The second kappa shape index (κ2) is 6.95. The van der Waals surface area contributed by atoms with E-state index in [1.807, 2.05) is 36.4 Å². The molecule has 0 saturated carbocycles. The van der Waals surface area contributed by atoms with E-state index in [0.29, 0.717) is 18.5 Å². The van der Waals surface area contributed by atoms with E-state index in [1.165, 1.54) is 0 Å². The predicted molar refractivity (Wildman–Crippen MR) is 102 cm³/mol. The molecule has 2 aliphatic rings. The summed E-state index contributed by atoms with van der Waals surface area (Å²) in [4.78, 5) is 49.6. The van der Waals surface area contributed by atoms with Gasteiger partial charge in [-0.05, 0) is 29.3 Å². The molecular weight excluding hydrogens is 360 g/mol. The van der Waals surface area contributed by atoms with Gasteiger partial charge in [-0.2, -0.15) is 0 Å². The Morgan fingerprint density at radius 1 is 1.11 bits per heavy atom. The average Bonchev–Trinajstić information content (AvgIpc) is 3.24. The number of likely N-dealkylation sites (tertiary alicyclic amines) is 1. The fourth-order valence-electron chi connectivity index (χ4n) is 3.71. The van der Waals surface area contributed by atoms with E-state index in [0.717, 1.165) is 10.8 Å². The summed E-state index contributed by atoms with van der Waals surface area (Å²) >= 11 is 0. The van der Waals surface area contributed by atoms with E-state index >= 15 is 0 Å². The van der Waals surface area contributed by atoms with Gasteiger partial charge < -0.3 is 15.5 Å². The second-order valence-corrected chi connectivity index (χ2v) is 7.12. The lowest BCUT2D eigenvalue weighted by molar-refractivity contribution is -0.130. The molecule has 1 spiro atoms. The molecule has 3 N–H and O–H groups in total. The van der Waals surface area contributed by atoms with Crippen LogP contribution in [-0.4, -0.2) is 53.8 Å². The maximum absolute atomic E-state index is 12.4. The number of hydrogen-bond donors (Lipinski definition) is 3. The van der Waals surface area contributed by atoms with E-state index in [2.05, 4.69) is 16.0 Å². The number of nitrogens with zero attached hydrogens (tertiary/aromatic N) is 1. The van der Waals surface area contributed by atoms with Gasteiger partial charge in [0.05, 0.1) is 6.54 Å². The molecule has 28 heavy (non-hydrogen) atoms. The van der Waals surface area contributed by atoms with Gasteiger partial charge in [0, 0.05) is 25.1 Å². The smallest absolute Gasteiger partial charge is 0.322 e. The number of urea groups is 1. The normalized spacial score (nSPS) is 21.1. The van der Waals surface area contributed by atoms with Crippen LogP contribution in [0.3, 0.4) is 0 Å². The summed E-state index contributed by atoms with van der Waals surface area (Å²) in [5.41, 5.74) is -0.474. The number of nitrogens with one attached hydrogen (secondary N) is 3. The molecule has 4 rings (SSSR count). The van der Waals surface area contributed by atoms with Crippen LogP contribution in [0.4, 0.5) is 4.79 Å². The first-order valence-corrected chi connectivity index (χ1v) is 9.15. The molecule has 0 aliphatic carbocycles. The quantitative estimate of drug-likeness (QED) is 0.681. The predicted octanol–water partition coefficient (Wildman–Crippen LogP) is 0.770. The summed E-state index contributed by atoms with van der Waals surface area (Å²) in [6.45, 7) is 0.750. The van der Waals surface area contributed by atoms with Crippen LogP contribution in [0.1, 0.15) is 23.2 Å². The summed E-state index contributed by atoms with van der Waals surface area (Å²) in [5, 5.41) is 9.62. The topological polar surface area (TPSA) is 108 Å². The Balaban J connectivity index is 1.30. The minimum absolute atomic E-state index is 0.130. The van der Waals surface area contributed by atoms with Gasteiger partial charge in [0.2, 0.25) is 5.91 Å². The minimum Gasteiger partial charge on any atom is -0.352 e. The van der Waals surface area contributed by atoms with Crippen molar-refractivity contribution in [1.82, 2.24) is 20.9 Å². The van der Waals surface area contributed by atoms with Crippen LogP contribution in [0.5, 0.6) is 0 Å². The third-order valence-corrected chi connectivity index (χ3v) is 5.27. The molecular formula is C20H20N4O4. The molecule has 144 valence electrons. The van der Waals surface area contributed by atoms with Crippen LogP contribution >= 0.6 is 0 Å². The maximum atomic E-state index is 12.4. The van der Waals surface area contributed by atoms with Gasteiger partial charge in [-0.3, -0.25) is 19.7 Å². The fourth-order valence-corrected chi connectivity index (χ4v) is 3.71. The van der Waals surface area contributed by atoms with Crippen molar-refractivity contribution in [3.05, 3.63) is 48.0 Å². The molecule has 2 fully saturated rings. The number of carbonyl (C=O) groups excluding carboxylic acids is 4. The number of amides is 5. The van der Waals surface area contributed by atoms with Crippen LogP contribution in [0.25, 0.3) is 10.8 Å². The summed E-state index contributed by atoms with van der Waals surface area (Å²) in [6.07, 6.45) is 0.519. The van der Waals surface area contributed by atoms with E-state index in [1.54, 1.807) is 11.0 Å². The summed E-state index contributed by atoms with van der Waals surface area (Å²) in [7, 11) is 0. The molecule has 1 unspecified atom stereocenters. The average molecular weight is 380 g/mol. The third kappa shape index (κ3) is 3.28. The van der Waals surface area contributed by atoms with Crippen LogP contribution in [-0.2, 0) is 9.59 Å². The SMILES string of the molecule is O=C1NC(=O)C2(CCN(C(=O)CCNC(=O)c3ccc4ccccc4c3)C2)N1. The first-order valence-electron chi connectivity index (χ1n) is 9.15. The molecule has 1 atom stereocenters. The molecule has 0 radical (unpaired) electrons. The van der Waals surface area contributed by atoms with Crippen LogP contribution in [0.15, 0.2) is 42.5 Å². The van der Waals surface area contributed by atoms with Crippen molar-refractivity contribution >= 4 is 34.5 Å². The molecule has 8 heteroatoms. The van der Waals surface area contributed by atoms with Gasteiger partial charge in [0.1, 0.15) is 5.54 Å². The van der Waals surface area contributed by atoms with E-state index in [9.17, 15) is 19.2 Å². The van der Waals surface area contributed by atoms with Gasteiger partial charge in [-0.15, -0.1) is 0 Å². The third-order valence-electron chi connectivity index (χ3n) is 5.27. The highest BCUT2D eigenvalue weighted by atomic mass is 16.2. The minimum atomic E-state index is -1.01. The van der Waals surface area contributed by atoms with Crippen LogP contribution in [0, 0.1) is 0 Å². The number of rotatable bonds is 4. The number of carbonyl (C=O) groups is 4.